The second-order valence-corrected chi connectivity index (χ2v) is 8.18. The minimum atomic E-state index is -0.242. The topological polar surface area (TPSA) is 60.9 Å². The molecule has 0 bridgehead atoms. The van der Waals surface area contributed by atoms with E-state index >= 15 is 0 Å². The maximum absolute atomic E-state index is 12.9. The molecule has 2 aliphatic heterocycles. The number of nitrogens with zero attached hydrogens (tertiary/aromatic N) is 2. The lowest BCUT2D eigenvalue weighted by Gasteiger charge is -2.58. The summed E-state index contributed by atoms with van der Waals surface area (Å²) in [7, 11) is 0. The van der Waals surface area contributed by atoms with Crippen LogP contribution in [0.3, 0.4) is 0 Å². The molecule has 2 saturated heterocycles. The van der Waals surface area contributed by atoms with E-state index in [0.29, 0.717) is 12.1 Å². The lowest BCUT2D eigenvalue weighted by molar-refractivity contribution is -0.159. The second-order valence-electron chi connectivity index (χ2n) is 8.18. The van der Waals surface area contributed by atoms with Gasteiger partial charge in [0.2, 0.25) is 5.91 Å². The van der Waals surface area contributed by atoms with Gasteiger partial charge in [-0.1, -0.05) is 72.8 Å². The highest BCUT2D eigenvalue weighted by molar-refractivity contribution is 5.97. The van der Waals surface area contributed by atoms with Gasteiger partial charge in [0.05, 0.1) is 18.7 Å². The number of carbonyl (C=O) groups excluding carboxylic acids is 2. The zero-order chi connectivity index (χ0) is 21.4. The molecule has 5 heteroatoms. The number of hydrogen-bond acceptors (Lipinski definition) is 3. The van der Waals surface area contributed by atoms with Gasteiger partial charge in [0, 0.05) is 18.0 Å². The van der Waals surface area contributed by atoms with Crippen LogP contribution in [0.4, 0.5) is 0 Å². The van der Waals surface area contributed by atoms with E-state index in [4.69, 9.17) is 0 Å². The van der Waals surface area contributed by atoms with E-state index in [2.05, 4.69) is 36.4 Å². The van der Waals surface area contributed by atoms with Crippen molar-refractivity contribution in [2.24, 2.45) is 0 Å². The zero-order valence-corrected chi connectivity index (χ0v) is 17.1. The number of aliphatic hydroxyl groups is 1. The van der Waals surface area contributed by atoms with Crippen molar-refractivity contribution in [1.29, 1.82) is 0 Å². The van der Waals surface area contributed by atoms with Crippen molar-refractivity contribution in [3.63, 3.8) is 0 Å². The van der Waals surface area contributed by atoms with Crippen LogP contribution in [0.25, 0.3) is 11.1 Å². The van der Waals surface area contributed by atoms with E-state index in [9.17, 15) is 14.7 Å². The summed E-state index contributed by atoms with van der Waals surface area (Å²) in [6.45, 7) is 0.446. The number of aliphatic hydroxyl groups excluding tert-OH is 1. The minimum Gasteiger partial charge on any atom is -0.394 e. The van der Waals surface area contributed by atoms with Crippen LogP contribution in [0.15, 0.2) is 84.9 Å². The summed E-state index contributed by atoms with van der Waals surface area (Å²) < 4.78 is 0. The molecule has 2 aliphatic rings. The summed E-state index contributed by atoms with van der Waals surface area (Å²) in [5.74, 6) is -0.221. The normalized spacial score (nSPS) is 22.6. The standard InChI is InChI=1S/C26H24N2O3/c29-17-23-25(20-13-11-19(12-14-20)18-7-3-1-4-8-18)22-15-27(16-24(30)28(22)23)26(31)21-9-5-2-6-10-21/h1-14,22-23,25,29H,15-17H2/t22-,23-,25+/m1/s1. The van der Waals surface area contributed by atoms with E-state index in [1.807, 2.05) is 36.4 Å². The molecule has 5 rings (SSSR count). The van der Waals surface area contributed by atoms with Gasteiger partial charge in [0.25, 0.3) is 5.91 Å². The van der Waals surface area contributed by atoms with Crippen LogP contribution in [0.5, 0.6) is 0 Å². The molecule has 0 aromatic heterocycles. The van der Waals surface area contributed by atoms with E-state index in [1.165, 1.54) is 0 Å². The molecule has 3 atom stereocenters. The van der Waals surface area contributed by atoms with Gasteiger partial charge in [-0.3, -0.25) is 9.59 Å². The SMILES string of the molecule is O=C(c1ccccc1)N1CC(=O)N2[C@H](CO)[C@@H](c3ccc(-c4ccccc4)cc3)[C@H]2C1. The van der Waals surface area contributed by atoms with Gasteiger partial charge >= 0.3 is 0 Å². The van der Waals surface area contributed by atoms with Gasteiger partial charge in [0.15, 0.2) is 0 Å². The summed E-state index contributed by atoms with van der Waals surface area (Å²) >= 11 is 0. The number of amides is 2. The number of piperazine rings is 1. The van der Waals surface area contributed by atoms with Crippen molar-refractivity contribution in [1.82, 2.24) is 9.80 Å². The first kappa shape index (κ1) is 19.5. The Bertz CT molecular complexity index is 1080. The van der Waals surface area contributed by atoms with Crippen LogP contribution in [-0.2, 0) is 4.79 Å². The van der Waals surface area contributed by atoms with Crippen molar-refractivity contribution < 1.29 is 14.7 Å². The number of hydrogen-bond donors (Lipinski definition) is 1. The molecule has 3 aromatic rings. The summed E-state index contributed by atoms with van der Waals surface area (Å²) in [5, 5.41) is 9.99. The van der Waals surface area contributed by atoms with Gasteiger partial charge in [-0.05, 0) is 28.8 Å². The molecular formula is C26H24N2O3. The third-order valence-electron chi connectivity index (χ3n) is 6.46. The van der Waals surface area contributed by atoms with Gasteiger partial charge in [-0.25, -0.2) is 0 Å². The Morgan fingerprint density at radius 1 is 0.871 bits per heavy atom. The average molecular weight is 412 g/mol. The summed E-state index contributed by atoms with van der Waals surface area (Å²) in [6, 6.07) is 27.2. The maximum Gasteiger partial charge on any atom is 0.254 e. The van der Waals surface area contributed by atoms with Gasteiger partial charge < -0.3 is 14.9 Å². The Morgan fingerprint density at radius 3 is 2.13 bits per heavy atom. The van der Waals surface area contributed by atoms with Gasteiger partial charge in [-0.2, -0.15) is 0 Å². The van der Waals surface area contributed by atoms with Crippen molar-refractivity contribution in [2.45, 2.75) is 18.0 Å². The molecule has 156 valence electrons. The van der Waals surface area contributed by atoms with Crippen LogP contribution in [0.1, 0.15) is 21.8 Å². The highest BCUT2D eigenvalue weighted by Crippen LogP contribution is 2.43. The van der Waals surface area contributed by atoms with Crippen LogP contribution >= 0.6 is 0 Å². The van der Waals surface area contributed by atoms with Crippen LogP contribution in [0.2, 0.25) is 0 Å². The predicted molar refractivity (Wildman–Crippen MR) is 118 cm³/mol. The fourth-order valence-corrected chi connectivity index (χ4v) is 4.95. The van der Waals surface area contributed by atoms with Gasteiger partial charge in [-0.15, -0.1) is 0 Å². The minimum absolute atomic E-state index is 0.00477. The summed E-state index contributed by atoms with van der Waals surface area (Å²) in [6.07, 6.45) is 0. The molecule has 2 amide bonds. The van der Waals surface area contributed by atoms with Crippen LogP contribution in [0, 0.1) is 0 Å². The fourth-order valence-electron chi connectivity index (χ4n) is 4.95. The summed E-state index contributed by atoms with van der Waals surface area (Å²) in [4.78, 5) is 29.1. The lowest BCUT2D eigenvalue weighted by atomic mass is 9.73. The molecule has 0 spiro atoms. The van der Waals surface area contributed by atoms with E-state index in [-0.39, 0.29) is 43.0 Å². The number of rotatable bonds is 4. The Kier molecular flexibility index (Phi) is 5.04. The Labute approximate surface area is 181 Å². The second kappa shape index (κ2) is 8.00. The fraction of sp³-hybridized carbons (Fsp3) is 0.231. The first-order chi connectivity index (χ1) is 15.2. The molecule has 1 N–H and O–H groups in total. The zero-order valence-electron chi connectivity index (χ0n) is 17.1. The first-order valence-corrected chi connectivity index (χ1v) is 10.6. The number of carbonyl (C=O) groups is 2. The third-order valence-corrected chi connectivity index (χ3v) is 6.46. The molecule has 0 aliphatic carbocycles. The highest BCUT2D eigenvalue weighted by Gasteiger charge is 2.54. The molecule has 31 heavy (non-hydrogen) atoms. The van der Waals surface area contributed by atoms with Crippen molar-refractivity contribution in [3.05, 3.63) is 96.1 Å². The first-order valence-electron chi connectivity index (χ1n) is 10.6. The van der Waals surface area contributed by atoms with Crippen molar-refractivity contribution >= 4 is 11.8 Å². The molecule has 0 saturated carbocycles. The van der Waals surface area contributed by atoms with Crippen molar-refractivity contribution in [3.8, 4) is 11.1 Å². The molecule has 2 fully saturated rings. The third kappa shape index (κ3) is 3.41. The lowest BCUT2D eigenvalue weighted by Crippen LogP contribution is -2.73. The quantitative estimate of drug-likeness (QED) is 0.716. The smallest absolute Gasteiger partial charge is 0.254 e. The molecule has 0 radical (unpaired) electrons. The maximum atomic E-state index is 12.9. The number of fused-ring (bicyclic) bond motifs is 1. The molecular weight excluding hydrogens is 388 g/mol. The van der Waals surface area contributed by atoms with Crippen molar-refractivity contribution in [2.75, 3.05) is 19.7 Å². The molecule has 3 aromatic carbocycles. The van der Waals surface area contributed by atoms with E-state index < -0.39 is 0 Å². The Hall–Kier alpha value is -3.44. The highest BCUT2D eigenvalue weighted by atomic mass is 16.3. The van der Waals surface area contributed by atoms with Crippen LogP contribution in [-0.4, -0.2) is 58.5 Å². The molecule has 2 heterocycles. The summed E-state index contributed by atoms with van der Waals surface area (Å²) in [5.41, 5.74) is 3.95. The van der Waals surface area contributed by atoms with E-state index in [0.717, 1.165) is 16.7 Å². The molecule has 5 nitrogen and oxygen atoms in total. The average Bonchev–Trinajstić information content (AvgIpc) is 2.81. The van der Waals surface area contributed by atoms with Gasteiger partial charge in [0.1, 0.15) is 6.54 Å². The Morgan fingerprint density at radius 2 is 1.48 bits per heavy atom. The largest absolute Gasteiger partial charge is 0.394 e. The predicted octanol–water partition coefficient (Wildman–Crippen LogP) is 3.16. The van der Waals surface area contributed by atoms with E-state index in [1.54, 1.807) is 21.9 Å². The monoisotopic (exact) mass is 412 g/mol. The number of benzene rings is 3. The Balaban J connectivity index is 1.39. The molecule has 0 unspecified atom stereocenters. The van der Waals surface area contributed by atoms with Crippen LogP contribution < -0.4 is 0 Å².